The normalized spacial score (nSPS) is 11.4. The molecule has 4 aromatic rings. The van der Waals surface area contributed by atoms with Gasteiger partial charge in [-0.15, -0.1) is 11.3 Å². The van der Waals surface area contributed by atoms with E-state index in [-0.39, 0.29) is 5.95 Å². The molecule has 0 aliphatic rings. The smallest absolute Gasteiger partial charge is 0.222 e. The third-order valence-corrected chi connectivity index (χ3v) is 4.00. The molecule has 1 aromatic carbocycles. The number of nitrogen functional groups attached to an aromatic ring is 1. The molecule has 0 saturated heterocycles. The topological polar surface area (TPSA) is 80.5 Å². The number of hydrogen-bond acceptors (Lipinski definition) is 5. The van der Waals surface area contributed by atoms with E-state index in [0.717, 1.165) is 16.8 Å². The Balaban J connectivity index is 2.11. The Bertz CT molecular complexity index is 892. The van der Waals surface area contributed by atoms with Crippen molar-refractivity contribution >= 4 is 38.5 Å². The van der Waals surface area contributed by atoms with Gasteiger partial charge in [0.25, 0.3) is 0 Å². The number of thiophene rings is 1. The van der Waals surface area contributed by atoms with E-state index in [4.69, 9.17) is 5.73 Å². The maximum Gasteiger partial charge on any atom is 0.222 e. The van der Waals surface area contributed by atoms with Crippen LogP contribution in [0.2, 0.25) is 0 Å². The minimum atomic E-state index is 0.241. The zero-order valence-electron chi connectivity index (χ0n) is 9.79. The van der Waals surface area contributed by atoms with Crippen LogP contribution in [-0.4, -0.2) is 19.9 Å². The minimum absolute atomic E-state index is 0.241. The second-order valence-corrected chi connectivity index (χ2v) is 5.09. The average Bonchev–Trinajstić information content (AvgIpc) is 3.03. The molecule has 19 heavy (non-hydrogen) atoms. The summed E-state index contributed by atoms with van der Waals surface area (Å²) < 4.78 is 1.22. The molecule has 0 aliphatic carbocycles. The van der Waals surface area contributed by atoms with E-state index in [1.807, 2.05) is 12.1 Å². The first-order valence-corrected chi connectivity index (χ1v) is 6.64. The molecular formula is C13H9N5S. The Hall–Kier alpha value is -2.47. The van der Waals surface area contributed by atoms with Crippen LogP contribution >= 0.6 is 11.3 Å². The number of benzene rings is 1. The van der Waals surface area contributed by atoms with Crippen molar-refractivity contribution in [1.29, 1.82) is 0 Å². The summed E-state index contributed by atoms with van der Waals surface area (Å²) in [7, 11) is 0. The molecule has 6 heteroatoms. The van der Waals surface area contributed by atoms with Gasteiger partial charge in [0.15, 0.2) is 5.65 Å². The number of fused-ring (bicyclic) bond motifs is 2. The zero-order chi connectivity index (χ0) is 12.8. The maximum atomic E-state index is 5.76. The van der Waals surface area contributed by atoms with Gasteiger partial charge in [-0.05, 0) is 6.07 Å². The monoisotopic (exact) mass is 267 g/mol. The summed E-state index contributed by atoms with van der Waals surface area (Å²) in [5, 5.41) is 3.26. The van der Waals surface area contributed by atoms with Crippen molar-refractivity contribution in [3.8, 4) is 11.3 Å². The Morgan fingerprint density at radius 1 is 1.16 bits per heavy atom. The van der Waals surface area contributed by atoms with Crippen LogP contribution in [0.4, 0.5) is 5.95 Å². The number of nitrogens with two attached hydrogens (primary N) is 1. The first-order chi connectivity index (χ1) is 9.33. The van der Waals surface area contributed by atoms with Crippen LogP contribution < -0.4 is 5.73 Å². The SMILES string of the molecule is Nc1nc(-c2csc3ccccc23)c2[nH]cnc2n1. The number of H-pyrrole nitrogens is 1. The lowest BCUT2D eigenvalue weighted by Crippen LogP contribution is -1.97. The van der Waals surface area contributed by atoms with Crippen LogP contribution in [0.1, 0.15) is 0 Å². The largest absolute Gasteiger partial charge is 0.368 e. The molecule has 92 valence electrons. The lowest BCUT2D eigenvalue weighted by Gasteiger charge is -2.02. The number of rotatable bonds is 1. The molecular weight excluding hydrogens is 258 g/mol. The predicted molar refractivity (Wildman–Crippen MR) is 76.9 cm³/mol. The molecule has 0 saturated carbocycles. The third-order valence-electron chi connectivity index (χ3n) is 3.04. The summed E-state index contributed by atoms with van der Waals surface area (Å²) in [4.78, 5) is 15.7. The lowest BCUT2D eigenvalue weighted by molar-refractivity contribution is 1.22. The second-order valence-electron chi connectivity index (χ2n) is 4.18. The van der Waals surface area contributed by atoms with Crippen LogP contribution in [0, 0.1) is 0 Å². The highest BCUT2D eigenvalue weighted by Crippen LogP contribution is 2.35. The van der Waals surface area contributed by atoms with Gasteiger partial charge in [0.1, 0.15) is 11.2 Å². The van der Waals surface area contributed by atoms with Crippen molar-refractivity contribution in [3.63, 3.8) is 0 Å². The van der Waals surface area contributed by atoms with E-state index < -0.39 is 0 Å². The molecule has 0 aliphatic heterocycles. The standard InChI is InChI=1S/C13H9N5S/c14-13-17-10(11-12(18-13)16-6-15-11)8-5-19-9-4-2-1-3-7(8)9/h1-6H,(H3,14,15,16,17,18). The fraction of sp³-hybridized carbons (Fsp3) is 0. The van der Waals surface area contributed by atoms with Crippen LogP contribution in [0.5, 0.6) is 0 Å². The molecule has 4 rings (SSSR count). The highest BCUT2D eigenvalue weighted by molar-refractivity contribution is 7.17. The molecule has 5 nitrogen and oxygen atoms in total. The Morgan fingerprint density at radius 3 is 3.00 bits per heavy atom. The molecule has 0 fully saturated rings. The van der Waals surface area contributed by atoms with Gasteiger partial charge in [0.2, 0.25) is 5.95 Å². The second kappa shape index (κ2) is 3.76. The molecule has 0 amide bonds. The number of hydrogen-bond donors (Lipinski definition) is 2. The molecule has 0 unspecified atom stereocenters. The van der Waals surface area contributed by atoms with E-state index >= 15 is 0 Å². The van der Waals surface area contributed by atoms with Crippen molar-refractivity contribution in [3.05, 3.63) is 36.0 Å². The number of aromatic amines is 1. The highest BCUT2D eigenvalue weighted by Gasteiger charge is 2.14. The number of nitrogens with zero attached hydrogens (tertiary/aromatic N) is 3. The number of nitrogens with one attached hydrogen (secondary N) is 1. The van der Waals surface area contributed by atoms with Gasteiger partial charge in [-0.25, -0.2) is 9.97 Å². The summed E-state index contributed by atoms with van der Waals surface area (Å²) in [5.74, 6) is 0.241. The Kier molecular flexibility index (Phi) is 2.07. The van der Waals surface area contributed by atoms with Gasteiger partial charge >= 0.3 is 0 Å². The predicted octanol–water partition coefficient (Wildman–Crippen LogP) is 2.82. The van der Waals surface area contributed by atoms with Gasteiger partial charge in [-0.1, -0.05) is 18.2 Å². The van der Waals surface area contributed by atoms with Crippen molar-refractivity contribution in [2.45, 2.75) is 0 Å². The van der Waals surface area contributed by atoms with Crippen molar-refractivity contribution in [2.75, 3.05) is 5.73 Å². The molecule has 3 aromatic heterocycles. The fourth-order valence-corrected chi connectivity index (χ4v) is 3.15. The fourth-order valence-electron chi connectivity index (χ4n) is 2.21. The summed E-state index contributed by atoms with van der Waals surface area (Å²) in [5.41, 5.74) is 9.04. The summed E-state index contributed by atoms with van der Waals surface area (Å²) in [6.07, 6.45) is 1.61. The van der Waals surface area contributed by atoms with Gasteiger partial charge in [-0.3, -0.25) is 0 Å². The third kappa shape index (κ3) is 1.50. The van der Waals surface area contributed by atoms with Crippen molar-refractivity contribution in [2.24, 2.45) is 0 Å². The Labute approximate surface area is 112 Å². The molecule has 0 bridgehead atoms. The van der Waals surface area contributed by atoms with Gasteiger partial charge in [0.05, 0.1) is 6.33 Å². The van der Waals surface area contributed by atoms with Crippen molar-refractivity contribution in [1.82, 2.24) is 19.9 Å². The maximum absolute atomic E-state index is 5.76. The average molecular weight is 267 g/mol. The number of aromatic nitrogens is 4. The number of imidazole rings is 1. The van der Waals surface area contributed by atoms with Crippen LogP contribution in [0.3, 0.4) is 0 Å². The lowest BCUT2D eigenvalue weighted by atomic mass is 10.1. The summed E-state index contributed by atoms with van der Waals surface area (Å²) in [6, 6.07) is 8.23. The molecule has 0 spiro atoms. The number of anilines is 1. The molecule has 0 atom stereocenters. The molecule has 0 radical (unpaired) electrons. The Morgan fingerprint density at radius 2 is 2.05 bits per heavy atom. The summed E-state index contributed by atoms with van der Waals surface area (Å²) >= 11 is 1.69. The molecule has 3 N–H and O–H groups in total. The van der Waals surface area contributed by atoms with E-state index in [9.17, 15) is 0 Å². The summed E-state index contributed by atoms with van der Waals surface area (Å²) in [6.45, 7) is 0. The first kappa shape index (κ1) is 10.5. The van der Waals surface area contributed by atoms with Crippen LogP contribution in [0.25, 0.3) is 32.5 Å². The van der Waals surface area contributed by atoms with E-state index in [0.29, 0.717) is 5.65 Å². The van der Waals surface area contributed by atoms with Crippen LogP contribution in [-0.2, 0) is 0 Å². The van der Waals surface area contributed by atoms with Gasteiger partial charge in [0, 0.05) is 21.0 Å². The van der Waals surface area contributed by atoms with Crippen LogP contribution in [0.15, 0.2) is 36.0 Å². The van der Waals surface area contributed by atoms with Gasteiger partial charge in [-0.2, -0.15) is 4.98 Å². The molecule has 3 heterocycles. The van der Waals surface area contributed by atoms with E-state index in [2.05, 4.69) is 37.4 Å². The van der Waals surface area contributed by atoms with Gasteiger partial charge < -0.3 is 10.7 Å². The van der Waals surface area contributed by atoms with E-state index in [1.165, 1.54) is 10.1 Å². The minimum Gasteiger partial charge on any atom is -0.368 e. The quantitative estimate of drug-likeness (QED) is 0.555. The zero-order valence-corrected chi connectivity index (χ0v) is 10.6. The van der Waals surface area contributed by atoms with Crippen molar-refractivity contribution < 1.29 is 0 Å². The first-order valence-electron chi connectivity index (χ1n) is 5.76. The highest BCUT2D eigenvalue weighted by atomic mass is 32.1. The van der Waals surface area contributed by atoms with E-state index in [1.54, 1.807) is 17.7 Å².